The highest BCUT2D eigenvalue weighted by Gasteiger charge is 2.13. The lowest BCUT2D eigenvalue weighted by Crippen LogP contribution is -2.28. The summed E-state index contributed by atoms with van der Waals surface area (Å²) in [7, 11) is 0. The zero-order valence-corrected chi connectivity index (χ0v) is 11.0. The van der Waals surface area contributed by atoms with Crippen LogP contribution in [0.25, 0.3) is 0 Å². The fourth-order valence-corrected chi connectivity index (χ4v) is 1.81. The summed E-state index contributed by atoms with van der Waals surface area (Å²) < 4.78 is 5.33. The molecule has 5 nitrogen and oxygen atoms in total. The van der Waals surface area contributed by atoms with Crippen LogP contribution >= 0.6 is 0 Å². The number of benzene rings is 1. The van der Waals surface area contributed by atoms with Crippen LogP contribution in [0.15, 0.2) is 18.2 Å². The second kappa shape index (κ2) is 6.86. The van der Waals surface area contributed by atoms with Crippen molar-refractivity contribution in [2.45, 2.75) is 13.8 Å². The summed E-state index contributed by atoms with van der Waals surface area (Å²) in [4.78, 5) is 13.3. The molecular weight excluding hydrogens is 230 g/mol. The molecule has 0 heterocycles. The summed E-state index contributed by atoms with van der Waals surface area (Å²) in [5.41, 5.74) is 12.9. The summed E-state index contributed by atoms with van der Waals surface area (Å²) >= 11 is 0. The number of anilines is 2. The SMILES string of the molecule is CCOCCN(CC)c1cccc(C(N)=O)c1N. The quantitative estimate of drug-likeness (QED) is 0.564. The minimum Gasteiger partial charge on any atom is -0.396 e. The number of ether oxygens (including phenoxy) is 1. The Morgan fingerprint density at radius 1 is 1.39 bits per heavy atom. The number of amides is 1. The van der Waals surface area contributed by atoms with Crippen LogP contribution in [0.2, 0.25) is 0 Å². The number of nitrogens with zero attached hydrogens (tertiary/aromatic N) is 1. The molecule has 1 amide bonds. The molecule has 5 heteroatoms. The van der Waals surface area contributed by atoms with Crippen molar-refractivity contribution in [1.29, 1.82) is 0 Å². The minimum atomic E-state index is -0.504. The summed E-state index contributed by atoms with van der Waals surface area (Å²) in [6.45, 7) is 6.83. The van der Waals surface area contributed by atoms with Crippen LogP contribution in [0.4, 0.5) is 11.4 Å². The molecule has 1 rings (SSSR count). The number of likely N-dealkylation sites (N-methyl/N-ethyl adjacent to an activating group) is 1. The lowest BCUT2D eigenvalue weighted by atomic mass is 10.1. The van der Waals surface area contributed by atoms with E-state index < -0.39 is 5.91 Å². The Labute approximate surface area is 108 Å². The van der Waals surface area contributed by atoms with Crippen molar-refractivity contribution in [3.05, 3.63) is 23.8 Å². The standard InChI is InChI=1S/C13H21N3O2/c1-3-16(8-9-18-4-2)11-7-5-6-10(12(11)14)13(15)17/h5-7H,3-4,8-9,14H2,1-2H3,(H2,15,17). The Bertz CT molecular complexity index is 407. The van der Waals surface area contributed by atoms with E-state index in [9.17, 15) is 4.79 Å². The normalized spacial score (nSPS) is 10.3. The first-order valence-electron chi connectivity index (χ1n) is 6.12. The number of carbonyl (C=O) groups is 1. The number of nitrogens with two attached hydrogens (primary N) is 2. The predicted octanol–water partition coefficient (Wildman–Crippen LogP) is 1.23. The number of nitrogen functional groups attached to an aromatic ring is 1. The van der Waals surface area contributed by atoms with Gasteiger partial charge in [0.1, 0.15) is 0 Å². The van der Waals surface area contributed by atoms with Crippen molar-refractivity contribution in [3.63, 3.8) is 0 Å². The van der Waals surface area contributed by atoms with E-state index in [0.29, 0.717) is 24.5 Å². The molecule has 0 saturated heterocycles. The zero-order chi connectivity index (χ0) is 13.5. The fraction of sp³-hybridized carbons (Fsp3) is 0.462. The fourth-order valence-electron chi connectivity index (χ4n) is 1.81. The average molecular weight is 251 g/mol. The maximum Gasteiger partial charge on any atom is 0.250 e. The lowest BCUT2D eigenvalue weighted by molar-refractivity contribution is 0.100. The molecule has 0 aliphatic heterocycles. The minimum absolute atomic E-state index is 0.363. The van der Waals surface area contributed by atoms with Crippen molar-refractivity contribution >= 4 is 17.3 Å². The van der Waals surface area contributed by atoms with Crippen molar-refractivity contribution in [3.8, 4) is 0 Å². The molecular formula is C13H21N3O2. The molecule has 0 saturated carbocycles. The highest BCUT2D eigenvalue weighted by Crippen LogP contribution is 2.26. The van der Waals surface area contributed by atoms with E-state index in [-0.39, 0.29) is 0 Å². The Morgan fingerprint density at radius 3 is 2.67 bits per heavy atom. The second-order valence-electron chi connectivity index (χ2n) is 3.88. The van der Waals surface area contributed by atoms with Gasteiger partial charge in [-0.1, -0.05) is 6.07 Å². The van der Waals surface area contributed by atoms with Gasteiger partial charge in [-0.3, -0.25) is 4.79 Å². The number of para-hydroxylation sites is 1. The maximum absolute atomic E-state index is 11.2. The van der Waals surface area contributed by atoms with Crippen LogP contribution in [0.3, 0.4) is 0 Å². The van der Waals surface area contributed by atoms with Crippen LogP contribution in [-0.4, -0.2) is 32.2 Å². The first-order valence-corrected chi connectivity index (χ1v) is 6.12. The zero-order valence-electron chi connectivity index (χ0n) is 11.0. The molecule has 100 valence electrons. The summed E-state index contributed by atoms with van der Waals surface area (Å²) in [5.74, 6) is -0.504. The summed E-state index contributed by atoms with van der Waals surface area (Å²) in [5, 5.41) is 0. The third kappa shape index (κ3) is 3.37. The Balaban J connectivity index is 2.92. The van der Waals surface area contributed by atoms with Gasteiger partial charge < -0.3 is 21.1 Å². The molecule has 18 heavy (non-hydrogen) atoms. The van der Waals surface area contributed by atoms with Crippen LogP contribution < -0.4 is 16.4 Å². The lowest BCUT2D eigenvalue weighted by Gasteiger charge is -2.25. The van der Waals surface area contributed by atoms with E-state index in [0.717, 1.165) is 18.8 Å². The van der Waals surface area contributed by atoms with Crippen molar-refractivity contribution in [2.24, 2.45) is 5.73 Å². The molecule has 0 aromatic heterocycles. The number of hydrogen-bond acceptors (Lipinski definition) is 4. The van der Waals surface area contributed by atoms with Gasteiger partial charge in [-0.2, -0.15) is 0 Å². The summed E-state index contributed by atoms with van der Waals surface area (Å²) in [6, 6.07) is 5.31. The maximum atomic E-state index is 11.2. The van der Waals surface area contributed by atoms with Gasteiger partial charge in [0, 0.05) is 19.7 Å². The van der Waals surface area contributed by atoms with Gasteiger partial charge in [-0.05, 0) is 26.0 Å². The van der Waals surface area contributed by atoms with Gasteiger partial charge in [0.2, 0.25) is 0 Å². The second-order valence-corrected chi connectivity index (χ2v) is 3.88. The molecule has 0 bridgehead atoms. The molecule has 0 aliphatic rings. The van der Waals surface area contributed by atoms with Gasteiger partial charge >= 0.3 is 0 Å². The molecule has 0 atom stereocenters. The molecule has 1 aromatic carbocycles. The molecule has 4 N–H and O–H groups in total. The van der Waals surface area contributed by atoms with Gasteiger partial charge in [0.25, 0.3) is 5.91 Å². The van der Waals surface area contributed by atoms with Gasteiger partial charge in [0.05, 0.1) is 23.5 Å². The van der Waals surface area contributed by atoms with E-state index in [2.05, 4.69) is 4.90 Å². The predicted molar refractivity (Wildman–Crippen MR) is 73.8 cm³/mol. The number of primary amides is 1. The Kier molecular flexibility index (Phi) is 5.45. The van der Waals surface area contributed by atoms with Crippen LogP contribution in [0, 0.1) is 0 Å². The van der Waals surface area contributed by atoms with Gasteiger partial charge in [0.15, 0.2) is 0 Å². The molecule has 0 fully saturated rings. The molecule has 0 unspecified atom stereocenters. The highest BCUT2D eigenvalue weighted by atomic mass is 16.5. The third-order valence-electron chi connectivity index (χ3n) is 2.78. The smallest absolute Gasteiger partial charge is 0.250 e. The number of rotatable bonds is 7. The van der Waals surface area contributed by atoms with E-state index >= 15 is 0 Å². The van der Waals surface area contributed by atoms with Gasteiger partial charge in [-0.25, -0.2) is 0 Å². The highest BCUT2D eigenvalue weighted by molar-refractivity contribution is 6.00. The van der Waals surface area contributed by atoms with Crippen molar-refractivity contribution in [1.82, 2.24) is 0 Å². The van der Waals surface area contributed by atoms with E-state index in [1.165, 1.54) is 0 Å². The topological polar surface area (TPSA) is 81.6 Å². The number of carbonyl (C=O) groups excluding carboxylic acids is 1. The largest absolute Gasteiger partial charge is 0.396 e. The summed E-state index contributed by atoms with van der Waals surface area (Å²) in [6.07, 6.45) is 0. The van der Waals surface area contributed by atoms with E-state index in [1.807, 2.05) is 19.9 Å². The van der Waals surface area contributed by atoms with Crippen LogP contribution in [0.5, 0.6) is 0 Å². The monoisotopic (exact) mass is 251 g/mol. The Morgan fingerprint density at radius 2 is 2.11 bits per heavy atom. The van der Waals surface area contributed by atoms with Crippen LogP contribution in [-0.2, 0) is 4.74 Å². The van der Waals surface area contributed by atoms with Crippen molar-refractivity contribution in [2.75, 3.05) is 36.9 Å². The van der Waals surface area contributed by atoms with E-state index in [4.69, 9.17) is 16.2 Å². The molecule has 0 aliphatic carbocycles. The van der Waals surface area contributed by atoms with Crippen molar-refractivity contribution < 1.29 is 9.53 Å². The molecule has 1 aromatic rings. The molecule has 0 spiro atoms. The number of hydrogen-bond donors (Lipinski definition) is 2. The first-order chi connectivity index (χ1) is 8.61. The average Bonchev–Trinajstić information content (AvgIpc) is 2.35. The van der Waals surface area contributed by atoms with Gasteiger partial charge in [-0.15, -0.1) is 0 Å². The molecule has 0 radical (unpaired) electrons. The van der Waals surface area contributed by atoms with Crippen LogP contribution in [0.1, 0.15) is 24.2 Å². The third-order valence-corrected chi connectivity index (χ3v) is 2.78. The first kappa shape index (κ1) is 14.3. The Hall–Kier alpha value is -1.75. The van der Waals surface area contributed by atoms with E-state index in [1.54, 1.807) is 12.1 Å².